The number of piperazine rings is 1. The van der Waals surface area contributed by atoms with Gasteiger partial charge < -0.3 is 31.3 Å². The van der Waals surface area contributed by atoms with Gasteiger partial charge in [-0.2, -0.15) is 4.98 Å². The average molecular weight is 549 g/mol. The SMILES string of the molecule is CC(N)(CO)C(=O)N1CCN(C(=O)Nc2ccn(-c3ccc(CCN4CC[C@H](N)C4)cc3)c(=O)n2)CC1.Cl. The van der Waals surface area contributed by atoms with Gasteiger partial charge in [0, 0.05) is 51.5 Å². The average Bonchev–Trinajstić information content (AvgIpc) is 3.32. The quantitative estimate of drug-likeness (QED) is 0.363. The van der Waals surface area contributed by atoms with Gasteiger partial charge in [0.1, 0.15) is 11.4 Å². The minimum absolute atomic E-state index is 0. The third kappa shape index (κ3) is 7.08. The van der Waals surface area contributed by atoms with Crippen LogP contribution in [0.2, 0.25) is 0 Å². The van der Waals surface area contributed by atoms with Crippen molar-refractivity contribution in [3.8, 4) is 5.69 Å². The smallest absolute Gasteiger partial charge is 0.354 e. The first-order valence-corrected chi connectivity index (χ1v) is 12.6. The zero-order chi connectivity index (χ0) is 26.6. The third-order valence-corrected chi connectivity index (χ3v) is 6.95. The summed E-state index contributed by atoms with van der Waals surface area (Å²) in [5, 5.41) is 12.0. The maximum Gasteiger partial charge on any atom is 0.354 e. The number of aliphatic hydroxyl groups is 1. The van der Waals surface area contributed by atoms with Gasteiger partial charge in [0.2, 0.25) is 5.91 Å². The highest BCUT2D eigenvalue weighted by Crippen LogP contribution is 2.13. The monoisotopic (exact) mass is 548 g/mol. The van der Waals surface area contributed by atoms with Crippen molar-refractivity contribution in [1.82, 2.24) is 24.3 Å². The lowest BCUT2D eigenvalue weighted by atomic mass is 10.0. The number of rotatable bonds is 7. The highest BCUT2D eigenvalue weighted by atomic mass is 35.5. The Kier molecular flexibility index (Phi) is 9.85. The Hall–Kier alpha value is -3.03. The van der Waals surface area contributed by atoms with E-state index >= 15 is 0 Å². The number of hydrogen-bond donors (Lipinski definition) is 4. The predicted molar refractivity (Wildman–Crippen MR) is 147 cm³/mol. The first-order chi connectivity index (χ1) is 17.7. The molecule has 2 aliphatic rings. The molecule has 208 valence electrons. The van der Waals surface area contributed by atoms with Crippen molar-refractivity contribution >= 4 is 30.2 Å². The standard InChI is InChI=1S/C25H36N8O4.ClH/c1-25(27,17-34)22(35)31-12-14-32(15-13-31)23(36)28-21-8-11-33(24(37)29-21)20-4-2-18(3-5-20)6-9-30-10-7-19(26)16-30;/h2-5,8,11,19,34H,6-7,9-10,12-17,26-27H2,1H3,(H,28,29,36,37);1H/t19-,25?;/m0./s1. The number of nitrogens with one attached hydrogen (secondary N) is 1. The number of nitrogens with two attached hydrogens (primary N) is 2. The van der Waals surface area contributed by atoms with Gasteiger partial charge in [0.05, 0.1) is 12.3 Å². The maximum absolute atomic E-state index is 12.7. The normalized spacial score (nSPS) is 19.5. The van der Waals surface area contributed by atoms with Crippen LogP contribution in [0.5, 0.6) is 0 Å². The second kappa shape index (κ2) is 12.7. The van der Waals surface area contributed by atoms with Crippen LogP contribution >= 0.6 is 12.4 Å². The zero-order valence-electron chi connectivity index (χ0n) is 21.6. The molecule has 12 nitrogen and oxygen atoms in total. The highest BCUT2D eigenvalue weighted by molar-refractivity contribution is 5.89. The number of hydrogen-bond acceptors (Lipinski definition) is 8. The van der Waals surface area contributed by atoms with Crippen LogP contribution in [0.15, 0.2) is 41.3 Å². The number of amides is 3. The second-order valence-electron chi connectivity index (χ2n) is 10.0. The number of halogens is 1. The van der Waals surface area contributed by atoms with E-state index in [-0.39, 0.29) is 30.2 Å². The molecule has 6 N–H and O–H groups in total. The fourth-order valence-corrected chi connectivity index (χ4v) is 4.58. The van der Waals surface area contributed by atoms with Crippen LogP contribution < -0.4 is 22.5 Å². The van der Waals surface area contributed by atoms with Gasteiger partial charge in [-0.1, -0.05) is 12.1 Å². The summed E-state index contributed by atoms with van der Waals surface area (Å²) < 4.78 is 1.42. The molecule has 2 saturated heterocycles. The van der Waals surface area contributed by atoms with Gasteiger partial charge >= 0.3 is 11.7 Å². The molecule has 13 heteroatoms. The summed E-state index contributed by atoms with van der Waals surface area (Å²) in [5.74, 6) is -0.204. The van der Waals surface area contributed by atoms with E-state index in [0.717, 1.165) is 32.5 Å². The Morgan fingerprint density at radius 2 is 1.76 bits per heavy atom. The van der Waals surface area contributed by atoms with Crippen LogP contribution in [0.4, 0.5) is 10.6 Å². The van der Waals surface area contributed by atoms with E-state index in [9.17, 15) is 19.5 Å². The molecule has 1 unspecified atom stereocenters. The lowest BCUT2D eigenvalue weighted by molar-refractivity contribution is -0.139. The topological polar surface area (TPSA) is 163 Å². The van der Waals surface area contributed by atoms with E-state index in [1.54, 1.807) is 17.2 Å². The molecule has 0 radical (unpaired) electrons. The molecule has 0 saturated carbocycles. The van der Waals surface area contributed by atoms with Crippen molar-refractivity contribution in [1.29, 1.82) is 0 Å². The number of benzene rings is 1. The summed E-state index contributed by atoms with van der Waals surface area (Å²) in [5.41, 5.74) is 11.8. The number of urea groups is 1. The van der Waals surface area contributed by atoms with Gasteiger partial charge in [-0.25, -0.2) is 9.59 Å². The highest BCUT2D eigenvalue weighted by Gasteiger charge is 2.34. The van der Waals surface area contributed by atoms with Crippen LogP contribution in [0.25, 0.3) is 5.69 Å². The minimum atomic E-state index is -1.35. The van der Waals surface area contributed by atoms with Crippen LogP contribution in [0, 0.1) is 0 Å². The molecular weight excluding hydrogens is 512 g/mol. The fraction of sp³-hybridized carbons (Fsp3) is 0.520. The Labute approximate surface area is 228 Å². The van der Waals surface area contributed by atoms with Gasteiger partial charge in [0.25, 0.3) is 0 Å². The summed E-state index contributed by atoms with van der Waals surface area (Å²) >= 11 is 0. The summed E-state index contributed by atoms with van der Waals surface area (Å²) in [6, 6.07) is 9.22. The van der Waals surface area contributed by atoms with Crippen LogP contribution in [0.3, 0.4) is 0 Å². The van der Waals surface area contributed by atoms with Crippen LogP contribution in [-0.2, 0) is 11.2 Å². The van der Waals surface area contributed by atoms with Crippen molar-refractivity contribution in [2.75, 3.05) is 57.7 Å². The molecule has 38 heavy (non-hydrogen) atoms. The molecule has 4 rings (SSSR count). The molecule has 2 aliphatic heterocycles. The summed E-state index contributed by atoms with van der Waals surface area (Å²) in [6.07, 6.45) is 3.54. The van der Waals surface area contributed by atoms with Crippen molar-refractivity contribution in [2.45, 2.75) is 31.3 Å². The molecule has 0 bridgehead atoms. The molecule has 3 amide bonds. The number of aromatic nitrogens is 2. The van der Waals surface area contributed by atoms with E-state index < -0.39 is 23.9 Å². The Morgan fingerprint density at radius 1 is 1.11 bits per heavy atom. The third-order valence-electron chi connectivity index (χ3n) is 6.95. The number of carbonyl (C=O) groups is 2. The molecule has 2 aromatic rings. The molecule has 2 atom stereocenters. The van der Waals surface area contributed by atoms with Crippen molar-refractivity contribution < 1.29 is 14.7 Å². The lowest BCUT2D eigenvalue weighted by Gasteiger charge is -2.37. The van der Waals surface area contributed by atoms with Gasteiger partial charge in [0.15, 0.2) is 0 Å². The zero-order valence-corrected chi connectivity index (χ0v) is 22.4. The van der Waals surface area contributed by atoms with E-state index in [2.05, 4.69) is 15.2 Å². The van der Waals surface area contributed by atoms with Crippen molar-refractivity contribution in [3.63, 3.8) is 0 Å². The summed E-state index contributed by atoms with van der Waals surface area (Å²) in [4.78, 5) is 47.2. The summed E-state index contributed by atoms with van der Waals surface area (Å²) in [6.45, 7) is 5.16. The van der Waals surface area contributed by atoms with Gasteiger partial charge in [-0.3, -0.25) is 14.7 Å². The molecule has 3 heterocycles. The molecule has 0 aliphatic carbocycles. The second-order valence-corrected chi connectivity index (χ2v) is 10.0. The predicted octanol–water partition coefficient (Wildman–Crippen LogP) is -0.384. The van der Waals surface area contributed by atoms with E-state index in [1.807, 2.05) is 24.3 Å². The van der Waals surface area contributed by atoms with Crippen molar-refractivity contribution in [3.05, 3.63) is 52.6 Å². The number of nitrogens with zero attached hydrogens (tertiary/aromatic N) is 5. The number of carbonyl (C=O) groups excluding carboxylic acids is 2. The van der Waals surface area contributed by atoms with Crippen LogP contribution in [0.1, 0.15) is 18.9 Å². The largest absolute Gasteiger partial charge is 0.394 e. The van der Waals surface area contributed by atoms with Gasteiger partial charge in [-0.05, 0) is 50.1 Å². The number of likely N-dealkylation sites (tertiary alicyclic amines) is 1. The molecule has 1 aromatic carbocycles. The Morgan fingerprint density at radius 3 is 2.34 bits per heavy atom. The molecular formula is C25H37ClN8O4. The molecule has 1 aromatic heterocycles. The number of aliphatic hydroxyl groups excluding tert-OH is 1. The molecule has 0 spiro atoms. The number of anilines is 1. The van der Waals surface area contributed by atoms with Crippen LogP contribution in [-0.4, -0.2) is 105 Å². The first-order valence-electron chi connectivity index (χ1n) is 12.6. The minimum Gasteiger partial charge on any atom is -0.394 e. The van der Waals surface area contributed by atoms with Crippen molar-refractivity contribution in [2.24, 2.45) is 11.5 Å². The van der Waals surface area contributed by atoms with Gasteiger partial charge in [-0.15, -0.1) is 12.4 Å². The Bertz CT molecular complexity index is 1160. The van der Waals surface area contributed by atoms with E-state index in [4.69, 9.17) is 11.5 Å². The lowest BCUT2D eigenvalue weighted by Crippen LogP contribution is -2.60. The van der Waals surface area contributed by atoms with E-state index in [1.165, 1.54) is 22.0 Å². The van der Waals surface area contributed by atoms with E-state index in [0.29, 0.717) is 31.9 Å². The molecule has 2 fully saturated rings. The maximum atomic E-state index is 12.7. The summed E-state index contributed by atoms with van der Waals surface area (Å²) in [7, 11) is 0. The first kappa shape index (κ1) is 29.5. The Balaban J connectivity index is 0.00000400. The fourth-order valence-electron chi connectivity index (χ4n) is 4.58.